The summed E-state index contributed by atoms with van der Waals surface area (Å²) in [5, 5.41) is 0. The molecule has 1 aromatic carbocycles. The minimum atomic E-state index is -0.509. The molecule has 0 N–H and O–H groups in total. The molecule has 1 fully saturated rings. The number of hydrogen-bond donors (Lipinski definition) is 0. The van der Waals surface area contributed by atoms with Crippen LogP contribution in [0.4, 0.5) is 0 Å². The molecule has 28 heavy (non-hydrogen) atoms. The zero-order valence-corrected chi connectivity index (χ0v) is 16.9. The monoisotopic (exact) mass is 381 g/mol. The molecule has 6 nitrogen and oxygen atoms in total. The largest absolute Gasteiger partial charge is 0.496 e. The highest BCUT2D eigenvalue weighted by molar-refractivity contribution is 5.94. The van der Waals surface area contributed by atoms with Crippen LogP contribution in [-0.4, -0.2) is 52.8 Å². The number of carbonyl (C=O) groups is 2. The Labute approximate surface area is 166 Å². The molecule has 1 aliphatic rings. The van der Waals surface area contributed by atoms with E-state index in [-0.39, 0.29) is 18.4 Å². The van der Waals surface area contributed by atoms with Gasteiger partial charge in [-0.2, -0.15) is 0 Å². The molecule has 2 heterocycles. The third-order valence-electron chi connectivity index (χ3n) is 5.37. The Morgan fingerprint density at radius 2 is 1.89 bits per heavy atom. The van der Waals surface area contributed by atoms with E-state index in [1.54, 1.807) is 30.0 Å². The first-order valence-corrected chi connectivity index (χ1v) is 9.53. The quantitative estimate of drug-likeness (QED) is 0.771. The highest BCUT2D eigenvalue weighted by Crippen LogP contribution is 2.26. The Kier molecular flexibility index (Phi) is 5.97. The maximum Gasteiger partial charge on any atom is 0.245 e. The second-order valence-electron chi connectivity index (χ2n) is 7.24. The molecule has 1 aliphatic heterocycles. The van der Waals surface area contributed by atoms with Gasteiger partial charge in [0.05, 0.1) is 25.9 Å². The van der Waals surface area contributed by atoms with Crippen LogP contribution in [0.25, 0.3) is 0 Å². The van der Waals surface area contributed by atoms with E-state index in [1.165, 1.54) is 0 Å². The topological polar surface area (TPSA) is 62.7 Å². The minimum Gasteiger partial charge on any atom is -0.496 e. The standard InChI is InChI=1S/C22H27N3O3/c1-15-12-23-19(16(2)21(15)28-4)13-25-17(3)22(27)24(14-20(25)26)11-10-18-8-6-5-7-9-18/h5-9,12,17H,10-11,13-14H2,1-4H3/t17-/m1/s1. The summed E-state index contributed by atoms with van der Waals surface area (Å²) in [6.45, 7) is 6.61. The van der Waals surface area contributed by atoms with E-state index in [0.717, 1.165) is 34.6 Å². The molecule has 0 saturated carbocycles. The second-order valence-corrected chi connectivity index (χ2v) is 7.24. The molecule has 148 valence electrons. The van der Waals surface area contributed by atoms with Crippen LogP contribution >= 0.6 is 0 Å². The van der Waals surface area contributed by atoms with Gasteiger partial charge in [0.2, 0.25) is 11.8 Å². The molecule has 2 aromatic rings. The summed E-state index contributed by atoms with van der Waals surface area (Å²) in [5.74, 6) is 0.700. The maximum absolute atomic E-state index is 12.8. The lowest BCUT2D eigenvalue weighted by Crippen LogP contribution is -2.58. The summed E-state index contributed by atoms with van der Waals surface area (Å²) in [5.41, 5.74) is 3.77. The highest BCUT2D eigenvalue weighted by atomic mass is 16.5. The van der Waals surface area contributed by atoms with Gasteiger partial charge in [-0.1, -0.05) is 30.3 Å². The van der Waals surface area contributed by atoms with Gasteiger partial charge >= 0.3 is 0 Å². The number of pyridine rings is 1. The lowest BCUT2D eigenvalue weighted by atomic mass is 10.1. The summed E-state index contributed by atoms with van der Waals surface area (Å²) in [4.78, 5) is 33.4. The number of hydrogen-bond acceptors (Lipinski definition) is 4. The second kappa shape index (κ2) is 8.42. The van der Waals surface area contributed by atoms with Gasteiger partial charge in [0.1, 0.15) is 11.8 Å². The molecule has 0 bridgehead atoms. The van der Waals surface area contributed by atoms with E-state index in [0.29, 0.717) is 13.1 Å². The Bertz CT molecular complexity index is 867. The Morgan fingerprint density at radius 3 is 2.57 bits per heavy atom. The summed E-state index contributed by atoms with van der Waals surface area (Å²) in [6, 6.07) is 9.48. The molecule has 1 atom stereocenters. The molecule has 1 saturated heterocycles. The van der Waals surface area contributed by atoms with E-state index in [1.807, 2.05) is 44.2 Å². The molecule has 3 rings (SSSR count). The van der Waals surface area contributed by atoms with Crippen molar-refractivity contribution >= 4 is 11.8 Å². The molecule has 1 aromatic heterocycles. The fourth-order valence-electron chi connectivity index (χ4n) is 3.66. The molecular weight excluding hydrogens is 354 g/mol. The lowest BCUT2D eigenvalue weighted by molar-refractivity contribution is -0.155. The van der Waals surface area contributed by atoms with Crippen molar-refractivity contribution in [3.05, 3.63) is 58.9 Å². The van der Waals surface area contributed by atoms with E-state index < -0.39 is 6.04 Å². The van der Waals surface area contributed by atoms with Crippen molar-refractivity contribution in [3.63, 3.8) is 0 Å². The van der Waals surface area contributed by atoms with Crippen molar-refractivity contribution < 1.29 is 14.3 Å². The maximum atomic E-state index is 12.8. The first kappa shape index (κ1) is 19.9. The van der Waals surface area contributed by atoms with Gasteiger partial charge in [-0.25, -0.2) is 0 Å². The van der Waals surface area contributed by atoms with Crippen LogP contribution in [0.1, 0.15) is 29.3 Å². The SMILES string of the molecule is COc1c(C)cnc(CN2C(=O)CN(CCc3ccccc3)C(=O)[C@H]2C)c1C. The molecule has 6 heteroatoms. The van der Waals surface area contributed by atoms with Crippen LogP contribution in [0.5, 0.6) is 5.75 Å². The van der Waals surface area contributed by atoms with Gasteiger partial charge in [-0.05, 0) is 32.8 Å². The Hall–Kier alpha value is -2.89. The van der Waals surface area contributed by atoms with Crippen LogP contribution < -0.4 is 4.74 Å². The number of aryl methyl sites for hydroxylation is 1. The van der Waals surface area contributed by atoms with Gasteiger partial charge in [0.25, 0.3) is 0 Å². The van der Waals surface area contributed by atoms with Crippen molar-refractivity contribution in [3.8, 4) is 5.75 Å². The average molecular weight is 381 g/mol. The summed E-state index contributed by atoms with van der Waals surface area (Å²) in [6.07, 6.45) is 2.48. The number of nitrogens with zero attached hydrogens (tertiary/aromatic N) is 3. The van der Waals surface area contributed by atoms with Gasteiger partial charge in [0, 0.05) is 23.9 Å². The van der Waals surface area contributed by atoms with Gasteiger partial charge in [-0.3, -0.25) is 14.6 Å². The number of benzene rings is 1. The van der Waals surface area contributed by atoms with Crippen molar-refractivity contribution in [2.75, 3.05) is 20.2 Å². The number of rotatable bonds is 6. The fourth-order valence-corrected chi connectivity index (χ4v) is 3.66. The predicted molar refractivity (Wildman–Crippen MR) is 107 cm³/mol. The summed E-state index contributed by atoms with van der Waals surface area (Å²) >= 11 is 0. The van der Waals surface area contributed by atoms with Gasteiger partial charge in [0.15, 0.2) is 0 Å². The predicted octanol–water partition coefficient (Wildman–Crippen LogP) is 2.51. The highest BCUT2D eigenvalue weighted by Gasteiger charge is 2.36. The minimum absolute atomic E-state index is 0.0211. The van der Waals surface area contributed by atoms with Crippen molar-refractivity contribution in [1.82, 2.24) is 14.8 Å². The van der Waals surface area contributed by atoms with Crippen molar-refractivity contribution in [2.45, 2.75) is 39.8 Å². The van der Waals surface area contributed by atoms with Crippen LogP contribution in [0.2, 0.25) is 0 Å². The van der Waals surface area contributed by atoms with Crippen LogP contribution in [-0.2, 0) is 22.6 Å². The average Bonchev–Trinajstić information content (AvgIpc) is 2.69. The Morgan fingerprint density at radius 1 is 1.18 bits per heavy atom. The third kappa shape index (κ3) is 4.01. The van der Waals surface area contributed by atoms with E-state index in [4.69, 9.17) is 4.74 Å². The van der Waals surface area contributed by atoms with E-state index in [2.05, 4.69) is 4.98 Å². The third-order valence-corrected chi connectivity index (χ3v) is 5.37. The van der Waals surface area contributed by atoms with Crippen molar-refractivity contribution in [2.24, 2.45) is 0 Å². The first-order chi connectivity index (χ1) is 13.4. The number of methoxy groups -OCH3 is 1. The molecule has 0 spiro atoms. The molecule has 0 aliphatic carbocycles. The number of amides is 2. The van der Waals surface area contributed by atoms with Crippen molar-refractivity contribution in [1.29, 1.82) is 0 Å². The van der Waals surface area contributed by atoms with Crippen LogP contribution in [0, 0.1) is 13.8 Å². The summed E-state index contributed by atoms with van der Waals surface area (Å²) in [7, 11) is 1.63. The zero-order valence-electron chi connectivity index (χ0n) is 16.9. The first-order valence-electron chi connectivity index (χ1n) is 9.53. The van der Waals surface area contributed by atoms with Gasteiger partial charge < -0.3 is 14.5 Å². The van der Waals surface area contributed by atoms with E-state index >= 15 is 0 Å². The van der Waals surface area contributed by atoms with Crippen LogP contribution in [0.15, 0.2) is 36.5 Å². The number of ether oxygens (including phenoxy) is 1. The van der Waals surface area contributed by atoms with Gasteiger partial charge in [-0.15, -0.1) is 0 Å². The number of carbonyl (C=O) groups excluding carboxylic acids is 2. The molecular formula is C22H27N3O3. The smallest absolute Gasteiger partial charge is 0.245 e. The zero-order chi connectivity index (χ0) is 20.3. The number of aromatic nitrogens is 1. The molecule has 2 amide bonds. The fraction of sp³-hybridized carbons (Fsp3) is 0.409. The summed E-state index contributed by atoms with van der Waals surface area (Å²) < 4.78 is 5.45. The normalized spacial score (nSPS) is 17.2. The van der Waals surface area contributed by atoms with Crippen LogP contribution in [0.3, 0.4) is 0 Å². The lowest BCUT2D eigenvalue weighted by Gasteiger charge is -2.39. The Balaban J connectivity index is 1.70. The molecule has 0 radical (unpaired) electrons. The molecule has 0 unspecified atom stereocenters. The number of piperazine rings is 1. The van der Waals surface area contributed by atoms with E-state index in [9.17, 15) is 9.59 Å².